The van der Waals surface area contributed by atoms with Crippen molar-refractivity contribution < 1.29 is 4.79 Å². The second-order valence-electron chi connectivity index (χ2n) is 10.4. The molecule has 0 amide bonds. The molecule has 4 bridgehead atoms. The highest BCUT2D eigenvalue weighted by molar-refractivity contribution is 7.68. The van der Waals surface area contributed by atoms with Gasteiger partial charge in [0.2, 0.25) is 0 Å². The second kappa shape index (κ2) is 4.91. The van der Waals surface area contributed by atoms with Crippen molar-refractivity contribution in [2.24, 2.45) is 23.2 Å². The Morgan fingerprint density at radius 3 is 1.43 bits per heavy atom. The third-order valence-electron chi connectivity index (χ3n) is 6.25. The second-order valence-corrected chi connectivity index (χ2v) is 34.1. The van der Waals surface area contributed by atoms with Crippen LogP contribution in [0.2, 0.25) is 39.3 Å². The molecule has 4 aliphatic rings. The van der Waals surface area contributed by atoms with E-state index in [1.165, 1.54) is 38.5 Å². The molecule has 1 nitrogen and oxygen atoms in total. The van der Waals surface area contributed by atoms with Crippen molar-refractivity contribution in [3.05, 3.63) is 0 Å². The molecule has 0 aromatic rings. The Labute approximate surface area is 134 Å². The molecule has 4 heteroatoms. The number of hydrogen-bond donors (Lipinski definition) is 0. The summed E-state index contributed by atoms with van der Waals surface area (Å²) in [5.41, 5.74) is 0.170. The van der Waals surface area contributed by atoms with Crippen LogP contribution in [0.1, 0.15) is 38.5 Å². The summed E-state index contributed by atoms with van der Waals surface area (Å²) in [6.45, 7) is 14.9. The molecule has 119 valence electrons. The van der Waals surface area contributed by atoms with Gasteiger partial charge in [-0.05, 0) is 56.3 Å². The van der Waals surface area contributed by atoms with Crippen molar-refractivity contribution in [1.29, 1.82) is 0 Å². The van der Waals surface area contributed by atoms with Crippen LogP contribution in [0.3, 0.4) is 0 Å². The largest absolute Gasteiger partial charge is 0.306 e. The first-order valence-corrected chi connectivity index (χ1v) is 19.4. The molecule has 0 heterocycles. The van der Waals surface area contributed by atoms with Gasteiger partial charge < -0.3 is 4.79 Å². The number of carbonyl (C=O) groups is 1. The van der Waals surface area contributed by atoms with Crippen molar-refractivity contribution in [3.63, 3.8) is 0 Å². The van der Waals surface area contributed by atoms with Gasteiger partial charge in [-0.1, -0.05) is 39.3 Å². The van der Waals surface area contributed by atoms with Crippen LogP contribution in [-0.4, -0.2) is 28.4 Å². The molecule has 4 saturated carbocycles. The van der Waals surface area contributed by atoms with Gasteiger partial charge in [0.1, 0.15) is 13.2 Å². The summed E-state index contributed by atoms with van der Waals surface area (Å²) in [4.78, 5) is 13.8. The van der Waals surface area contributed by atoms with Crippen molar-refractivity contribution in [1.82, 2.24) is 0 Å². The van der Waals surface area contributed by atoms with Crippen LogP contribution in [0.25, 0.3) is 0 Å². The lowest BCUT2D eigenvalue weighted by molar-refractivity contribution is -0.135. The maximum atomic E-state index is 13.8. The van der Waals surface area contributed by atoms with E-state index in [0.29, 0.717) is 0 Å². The van der Waals surface area contributed by atoms with Crippen LogP contribution in [0.5, 0.6) is 0 Å². The zero-order chi connectivity index (χ0) is 15.6. The number of hydrogen-bond acceptors (Lipinski definition) is 1. The molecule has 0 N–H and O–H groups in total. The van der Waals surface area contributed by atoms with Gasteiger partial charge in [-0.2, -0.15) is 0 Å². The molecule has 0 unspecified atom stereocenters. The molecule has 0 atom stereocenters. The quantitative estimate of drug-likeness (QED) is 0.683. The summed E-state index contributed by atoms with van der Waals surface area (Å²) in [5, 5.41) is 0.852. The minimum Gasteiger partial charge on any atom is -0.306 e. The lowest BCUT2D eigenvalue weighted by atomic mass is 9.50. The summed E-state index contributed by atoms with van der Waals surface area (Å²) >= 11 is 0. The van der Waals surface area contributed by atoms with E-state index in [-0.39, 0.29) is 5.41 Å². The number of carbonyl (C=O) groups excluding carboxylic acids is 1. The van der Waals surface area contributed by atoms with E-state index in [2.05, 4.69) is 39.3 Å². The van der Waals surface area contributed by atoms with E-state index in [1.807, 2.05) is 0 Å². The summed E-state index contributed by atoms with van der Waals surface area (Å²) < 4.78 is 0. The van der Waals surface area contributed by atoms with Crippen LogP contribution in [-0.2, 0) is 4.79 Å². The third kappa shape index (κ3) is 2.80. The van der Waals surface area contributed by atoms with Crippen molar-refractivity contribution >= 4 is 28.4 Å². The fraction of sp³-hybridized carbons (Fsp3) is 0.941. The monoisotopic (exact) mass is 337 g/mol. The van der Waals surface area contributed by atoms with Crippen LogP contribution in [0.15, 0.2) is 0 Å². The molecule has 0 aliphatic heterocycles. The predicted octanol–water partition coefficient (Wildman–Crippen LogP) is 4.64. The highest BCUT2D eigenvalue weighted by Crippen LogP contribution is 2.60. The van der Waals surface area contributed by atoms with Gasteiger partial charge in [0, 0.05) is 20.6 Å². The van der Waals surface area contributed by atoms with E-state index in [9.17, 15) is 4.79 Å². The SMILES string of the molecule is C[Si](C)(C)[Si](C(=O)C12CC3CC(CC(C3)C1)C2)[Si](C)(C)C. The molecule has 0 spiro atoms. The maximum absolute atomic E-state index is 13.8. The average molecular weight is 338 g/mol. The molecule has 0 aromatic heterocycles. The molecule has 4 aliphatic carbocycles. The fourth-order valence-electron chi connectivity index (χ4n) is 6.46. The zero-order valence-corrected chi connectivity index (χ0v) is 17.9. The topological polar surface area (TPSA) is 17.1 Å². The molecule has 21 heavy (non-hydrogen) atoms. The summed E-state index contributed by atoms with van der Waals surface area (Å²) in [7, 11) is -3.42. The maximum Gasteiger partial charge on any atom is 0.117 e. The van der Waals surface area contributed by atoms with Crippen molar-refractivity contribution in [2.75, 3.05) is 0 Å². The van der Waals surface area contributed by atoms with E-state index < -0.39 is 23.0 Å². The third-order valence-corrected chi connectivity index (χ3v) is 34.1. The van der Waals surface area contributed by atoms with E-state index >= 15 is 0 Å². The highest BCUT2D eigenvalue weighted by atomic mass is 29.6. The molecule has 4 rings (SSSR count). The van der Waals surface area contributed by atoms with Crippen molar-refractivity contribution in [3.8, 4) is 0 Å². The standard InChI is InChI=1S/C17H33OSi3/c1-20(2,3)19(21(4,5)6)16(18)17-10-13-7-14(11-17)9-15(8-13)12-17/h13-15H,7-12H2,1-6H3. The van der Waals surface area contributed by atoms with Crippen molar-refractivity contribution in [2.45, 2.75) is 77.8 Å². The Hall–Kier alpha value is 0.321. The first-order valence-electron chi connectivity index (χ1n) is 8.94. The van der Waals surface area contributed by atoms with Gasteiger partial charge in [0.15, 0.2) is 0 Å². The molecule has 4 fully saturated rings. The first kappa shape index (κ1) is 16.2. The summed E-state index contributed by atoms with van der Waals surface area (Å²) in [6.07, 6.45) is 8.19. The van der Waals surface area contributed by atoms with E-state index in [1.54, 1.807) is 0 Å². The molecule has 0 aromatic carbocycles. The Morgan fingerprint density at radius 2 is 1.14 bits per heavy atom. The van der Waals surface area contributed by atoms with Gasteiger partial charge in [-0.3, -0.25) is 0 Å². The van der Waals surface area contributed by atoms with Crippen LogP contribution in [0, 0.1) is 23.2 Å². The molecular formula is C17H33OSi3. The van der Waals surface area contributed by atoms with Gasteiger partial charge in [0.05, 0.1) is 0 Å². The highest BCUT2D eigenvalue weighted by Gasteiger charge is 2.58. The van der Waals surface area contributed by atoms with Crippen LogP contribution >= 0.6 is 0 Å². The van der Waals surface area contributed by atoms with Crippen LogP contribution in [0.4, 0.5) is 0 Å². The average Bonchev–Trinajstić information content (AvgIpc) is 2.22. The molecule has 0 saturated heterocycles. The Bertz CT molecular complexity index is 395. The van der Waals surface area contributed by atoms with Gasteiger partial charge in [0.25, 0.3) is 0 Å². The minimum atomic E-state index is -1.32. The Balaban J connectivity index is 1.93. The van der Waals surface area contributed by atoms with E-state index in [4.69, 9.17) is 0 Å². The summed E-state index contributed by atoms with van der Waals surface area (Å²) in [5.74, 6) is 2.73. The Morgan fingerprint density at radius 1 is 0.810 bits per heavy atom. The molecular weight excluding hydrogens is 304 g/mol. The lowest BCUT2D eigenvalue weighted by Gasteiger charge is -2.58. The number of rotatable bonds is 4. The van der Waals surface area contributed by atoms with E-state index in [0.717, 1.165) is 23.2 Å². The van der Waals surface area contributed by atoms with Gasteiger partial charge >= 0.3 is 0 Å². The van der Waals surface area contributed by atoms with Gasteiger partial charge in [-0.15, -0.1) is 0 Å². The van der Waals surface area contributed by atoms with Crippen LogP contribution < -0.4 is 0 Å². The summed E-state index contributed by atoms with van der Waals surface area (Å²) in [6, 6.07) is 0. The van der Waals surface area contributed by atoms with Gasteiger partial charge in [-0.25, -0.2) is 0 Å². The Kier molecular flexibility index (Phi) is 3.78. The zero-order valence-electron chi connectivity index (χ0n) is 14.9. The smallest absolute Gasteiger partial charge is 0.117 e. The molecule has 1 radical (unpaired) electrons. The lowest BCUT2D eigenvalue weighted by Crippen LogP contribution is -2.68. The normalized spacial score (nSPS) is 39.1. The minimum absolute atomic E-state index is 0.170. The predicted molar refractivity (Wildman–Crippen MR) is 98.1 cm³/mol. The first-order chi connectivity index (χ1) is 9.51. The fourth-order valence-corrected chi connectivity index (χ4v) is 43.6.